The molecule has 5 nitrogen and oxygen atoms in total. The van der Waals surface area contributed by atoms with Crippen molar-refractivity contribution < 1.29 is 4.92 Å². The minimum Gasteiger partial charge on any atom is -0.372 e. The van der Waals surface area contributed by atoms with Crippen molar-refractivity contribution in [2.45, 2.75) is 13.0 Å². The molecule has 0 radical (unpaired) electrons. The van der Waals surface area contributed by atoms with E-state index in [0.29, 0.717) is 5.69 Å². The molecule has 5 heteroatoms. The van der Waals surface area contributed by atoms with Crippen molar-refractivity contribution in [2.24, 2.45) is 0 Å². The van der Waals surface area contributed by atoms with Gasteiger partial charge >= 0.3 is 0 Å². The van der Waals surface area contributed by atoms with Gasteiger partial charge in [0.25, 0.3) is 5.69 Å². The number of nitrogens with one attached hydrogen (secondary N) is 1. The molecule has 1 atom stereocenters. The third-order valence-corrected chi connectivity index (χ3v) is 1.95. The highest BCUT2D eigenvalue weighted by molar-refractivity contribution is 5.59. The van der Waals surface area contributed by atoms with Gasteiger partial charge in [0.15, 0.2) is 0 Å². The number of nitrogens with zero attached hydrogens (tertiary/aromatic N) is 2. The number of anilines is 1. The fraction of sp³-hybridized carbons (Fsp3) is 0.182. The number of nitriles is 1. The molecule has 0 aliphatic heterocycles. The second-order valence-corrected chi connectivity index (χ2v) is 3.13. The lowest BCUT2D eigenvalue weighted by Crippen LogP contribution is -2.12. The molecule has 0 heterocycles. The Balaban J connectivity index is 3.07. The molecule has 16 heavy (non-hydrogen) atoms. The molecule has 0 fully saturated rings. The smallest absolute Gasteiger partial charge is 0.287 e. The lowest BCUT2D eigenvalue weighted by Gasteiger charge is -2.08. The number of rotatable bonds is 3. The highest BCUT2D eigenvalue weighted by Gasteiger charge is 2.13. The maximum absolute atomic E-state index is 10.6. The topological polar surface area (TPSA) is 79.0 Å². The van der Waals surface area contributed by atoms with Crippen molar-refractivity contribution in [2.75, 3.05) is 5.32 Å². The van der Waals surface area contributed by atoms with E-state index in [9.17, 15) is 10.1 Å². The van der Waals surface area contributed by atoms with Gasteiger partial charge in [-0.2, -0.15) is 5.26 Å². The Morgan fingerprint density at radius 3 is 2.81 bits per heavy atom. The third kappa shape index (κ3) is 2.49. The van der Waals surface area contributed by atoms with Gasteiger partial charge in [-0.1, -0.05) is 5.92 Å². The first-order valence-electron chi connectivity index (χ1n) is 4.49. The van der Waals surface area contributed by atoms with Gasteiger partial charge in [0, 0.05) is 11.8 Å². The standard InChI is InChI=1S/C11H9N3O2/c1-3-8(2)13-10-4-5-11(14(15)16)9(6-10)7-12/h1,4-6,8,13H,2H3. The Morgan fingerprint density at radius 2 is 2.31 bits per heavy atom. The molecular weight excluding hydrogens is 206 g/mol. The second kappa shape index (κ2) is 4.81. The summed E-state index contributed by atoms with van der Waals surface area (Å²) in [6.45, 7) is 1.77. The van der Waals surface area contributed by atoms with E-state index in [2.05, 4.69) is 11.2 Å². The maximum Gasteiger partial charge on any atom is 0.287 e. The summed E-state index contributed by atoms with van der Waals surface area (Å²) in [5.74, 6) is 2.46. The highest BCUT2D eigenvalue weighted by Crippen LogP contribution is 2.22. The molecular formula is C11H9N3O2. The van der Waals surface area contributed by atoms with E-state index in [0.717, 1.165) is 0 Å². The molecule has 1 unspecified atom stereocenters. The number of hydrogen-bond donors (Lipinski definition) is 1. The summed E-state index contributed by atoms with van der Waals surface area (Å²) in [6.07, 6.45) is 5.18. The van der Waals surface area contributed by atoms with E-state index in [4.69, 9.17) is 11.7 Å². The molecule has 0 amide bonds. The number of hydrogen-bond acceptors (Lipinski definition) is 4. The van der Waals surface area contributed by atoms with E-state index in [-0.39, 0.29) is 17.3 Å². The zero-order chi connectivity index (χ0) is 12.1. The van der Waals surface area contributed by atoms with Crippen LogP contribution in [0.5, 0.6) is 0 Å². The van der Waals surface area contributed by atoms with Gasteiger partial charge in [-0.3, -0.25) is 10.1 Å². The summed E-state index contributed by atoms with van der Waals surface area (Å²) in [5.41, 5.74) is 0.397. The number of terminal acetylenes is 1. The average molecular weight is 215 g/mol. The van der Waals surface area contributed by atoms with Crippen molar-refractivity contribution in [3.05, 3.63) is 33.9 Å². The lowest BCUT2D eigenvalue weighted by atomic mass is 10.1. The van der Waals surface area contributed by atoms with Crippen LogP contribution in [-0.4, -0.2) is 11.0 Å². The van der Waals surface area contributed by atoms with Crippen LogP contribution in [0.3, 0.4) is 0 Å². The van der Waals surface area contributed by atoms with Crippen LogP contribution in [0.1, 0.15) is 12.5 Å². The van der Waals surface area contributed by atoms with E-state index in [1.54, 1.807) is 13.0 Å². The second-order valence-electron chi connectivity index (χ2n) is 3.13. The molecule has 0 saturated heterocycles. The van der Waals surface area contributed by atoms with Gasteiger partial charge in [-0.05, 0) is 19.1 Å². The fourth-order valence-electron chi connectivity index (χ4n) is 1.17. The molecule has 1 aromatic rings. The maximum atomic E-state index is 10.6. The van der Waals surface area contributed by atoms with Gasteiger partial charge in [0.05, 0.1) is 11.0 Å². The molecule has 0 spiro atoms. The van der Waals surface area contributed by atoms with Crippen LogP contribution >= 0.6 is 0 Å². The molecule has 0 saturated carbocycles. The summed E-state index contributed by atoms with van der Waals surface area (Å²) in [5, 5.41) is 22.3. The summed E-state index contributed by atoms with van der Waals surface area (Å²) >= 11 is 0. The molecule has 1 rings (SSSR count). The SMILES string of the molecule is C#CC(C)Nc1ccc([N+](=O)[O-])c(C#N)c1. The third-order valence-electron chi connectivity index (χ3n) is 1.95. The molecule has 1 N–H and O–H groups in total. The van der Waals surface area contributed by atoms with Crippen LogP contribution in [0.4, 0.5) is 11.4 Å². The minimum absolute atomic E-state index is 0.0132. The normalized spacial score (nSPS) is 10.9. The fourth-order valence-corrected chi connectivity index (χ4v) is 1.17. The first-order valence-corrected chi connectivity index (χ1v) is 4.49. The zero-order valence-corrected chi connectivity index (χ0v) is 8.60. The molecule has 1 aromatic carbocycles. The molecule has 0 aliphatic carbocycles. The predicted molar refractivity (Wildman–Crippen MR) is 59.7 cm³/mol. The summed E-state index contributed by atoms with van der Waals surface area (Å²) < 4.78 is 0. The van der Waals surface area contributed by atoms with Crippen LogP contribution in [0, 0.1) is 33.8 Å². The first-order chi connectivity index (χ1) is 7.58. The van der Waals surface area contributed by atoms with Crippen molar-refractivity contribution in [3.8, 4) is 18.4 Å². The van der Waals surface area contributed by atoms with Gasteiger partial charge < -0.3 is 5.32 Å². The number of nitro groups is 1. The monoisotopic (exact) mass is 215 g/mol. The van der Waals surface area contributed by atoms with E-state index >= 15 is 0 Å². The Labute approximate surface area is 92.9 Å². The van der Waals surface area contributed by atoms with Gasteiger partial charge in [-0.25, -0.2) is 0 Å². The molecule has 0 aliphatic rings. The average Bonchev–Trinajstić information content (AvgIpc) is 2.28. The molecule has 80 valence electrons. The van der Waals surface area contributed by atoms with Crippen molar-refractivity contribution in [3.63, 3.8) is 0 Å². The van der Waals surface area contributed by atoms with Gasteiger partial charge in [-0.15, -0.1) is 6.42 Å². The van der Waals surface area contributed by atoms with Crippen molar-refractivity contribution >= 4 is 11.4 Å². The lowest BCUT2D eigenvalue weighted by molar-refractivity contribution is -0.385. The van der Waals surface area contributed by atoms with Crippen LogP contribution < -0.4 is 5.32 Å². The van der Waals surface area contributed by atoms with E-state index in [1.165, 1.54) is 18.2 Å². The zero-order valence-electron chi connectivity index (χ0n) is 8.60. The van der Waals surface area contributed by atoms with Gasteiger partial charge in [0.1, 0.15) is 11.6 Å². The number of benzene rings is 1. The summed E-state index contributed by atoms with van der Waals surface area (Å²) in [4.78, 5) is 9.98. The predicted octanol–water partition coefficient (Wildman–Crippen LogP) is 1.90. The molecule has 0 bridgehead atoms. The molecule has 0 aromatic heterocycles. The largest absolute Gasteiger partial charge is 0.372 e. The highest BCUT2D eigenvalue weighted by atomic mass is 16.6. The summed E-state index contributed by atoms with van der Waals surface area (Å²) in [6, 6.07) is 5.79. The Hall–Kier alpha value is -2.53. The van der Waals surface area contributed by atoms with Crippen LogP contribution in [0.25, 0.3) is 0 Å². The van der Waals surface area contributed by atoms with Crippen LogP contribution in [0.2, 0.25) is 0 Å². The number of nitro benzene ring substituents is 1. The van der Waals surface area contributed by atoms with Crippen molar-refractivity contribution in [1.29, 1.82) is 5.26 Å². The summed E-state index contributed by atoms with van der Waals surface area (Å²) in [7, 11) is 0. The van der Waals surface area contributed by atoms with E-state index in [1.807, 2.05) is 0 Å². The van der Waals surface area contributed by atoms with E-state index < -0.39 is 4.92 Å². The van der Waals surface area contributed by atoms with Crippen LogP contribution in [0.15, 0.2) is 18.2 Å². The first kappa shape index (κ1) is 11.5. The van der Waals surface area contributed by atoms with Gasteiger partial charge in [0.2, 0.25) is 0 Å². The van der Waals surface area contributed by atoms with Crippen molar-refractivity contribution in [1.82, 2.24) is 0 Å². The quantitative estimate of drug-likeness (QED) is 0.474. The Kier molecular flexibility index (Phi) is 3.47. The Bertz CT molecular complexity index is 497. The minimum atomic E-state index is -0.590. The van der Waals surface area contributed by atoms with Crippen LogP contribution in [-0.2, 0) is 0 Å². The Morgan fingerprint density at radius 1 is 1.62 bits per heavy atom.